The Kier molecular flexibility index (Phi) is 6.13. The Morgan fingerprint density at radius 3 is 2.37 bits per heavy atom. The van der Waals surface area contributed by atoms with Crippen LogP contribution in [0.3, 0.4) is 0 Å². The van der Waals surface area contributed by atoms with Crippen molar-refractivity contribution in [3.63, 3.8) is 0 Å². The predicted octanol–water partition coefficient (Wildman–Crippen LogP) is 5.02. The van der Waals surface area contributed by atoms with Gasteiger partial charge in [-0.15, -0.1) is 0 Å². The summed E-state index contributed by atoms with van der Waals surface area (Å²) in [6.07, 6.45) is 2.16. The van der Waals surface area contributed by atoms with Crippen LogP contribution in [-0.2, 0) is 9.16 Å². The van der Waals surface area contributed by atoms with Gasteiger partial charge < -0.3 is 13.9 Å². The highest BCUT2D eigenvalue weighted by Crippen LogP contribution is 2.46. The standard InChI is InChI=1S/C22H32O4Si/c1-21(2,3)27(7,8)26-17-14-22(4,15-17)13-12-16-10-9-11-18(19(16)24-5)20(23)25-6/h9-11,17H,14-15H2,1-8H3. The van der Waals surface area contributed by atoms with E-state index < -0.39 is 14.3 Å². The summed E-state index contributed by atoms with van der Waals surface area (Å²) < 4.78 is 16.7. The number of para-hydroxylation sites is 1. The minimum Gasteiger partial charge on any atom is -0.495 e. The molecule has 27 heavy (non-hydrogen) atoms. The molecule has 1 fully saturated rings. The molecule has 1 aromatic carbocycles. The van der Waals surface area contributed by atoms with Crippen LogP contribution in [0, 0.1) is 17.3 Å². The third-order valence-electron chi connectivity index (χ3n) is 5.75. The molecular formula is C22H32O4Si. The number of methoxy groups -OCH3 is 2. The van der Waals surface area contributed by atoms with Gasteiger partial charge in [-0.05, 0) is 50.0 Å². The fourth-order valence-electron chi connectivity index (χ4n) is 3.07. The molecule has 1 aliphatic rings. The molecule has 0 heterocycles. The van der Waals surface area contributed by atoms with E-state index >= 15 is 0 Å². The predicted molar refractivity (Wildman–Crippen MR) is 111 cm³/mol. The van der Waals surface area contributed by atoms with Crippen molar-refractivity contribution in [3.05, 3.63) is 29.3 Å². The molecule has 0 radical (unpaired) electrons. The number of hydrogen-bond acceptors (Lipinski definition) is 4. The lowest BCUT2D eigenvalue weighted by Crippen LogP contribution is -2.50. The molecule has 0 unspecified atom stereocenters. The highest BCUT2D eigenvalue weighted by Gasteiger charge is 2.46. The maximum atomic E-state index is 11.9. The average Bonchev–Trinajstić information content (AvgIpc) is 2.56. The van der Waals surface area contributed by atoms with E-state index in [2.05, 4.69) is 52.6 Å². The molecular weight excluding hydrogens is 356 g/mol. The summed E-state index contributed by atoms with van der Waals surface area (Å²) in [6, 6.07) is 5.35. The maximum Gasteiger partial charge on any atom is 0.341 e. The van der Waals surface area contributed by atoms with E-state index in [4.69, 9.17) is 13.9 Å². The maximum absolute atomic E-state index is 11.9. The second kappa shape index (κ2) is 7.69. The quantitative estimate of drug-likeness (QED) is 0.412. The number of benzene rings is 1. The summed E-state index contributed by atoms with van der Waals surface area (Å²) in [6.45, 7) is 13.5. The molecule has 1 aromatic rings. The molecule has 5 heteroatoms. The fourth-order valence-corrected chi connectivity index (χ4v) is 4.42. The SMILES string of the molecule is COC(=O)c1cccc(C#CC2(C)CC(O[Si](C)(C)C(C)(C)C)C2)c1OC. The minimum absolute atomic E-state index is 0.0701. The highest BCUT2D eigenvalue weighted by molar-refractivity contribution is 6.74. The molecule has 0 spiro atoms. The molecule has 0 saturated heterocycles. The summed E-state index contributed by atoms with van der Waals surface area (Å²) >= 11 is 0. The van der Waals surface area contributed by atoms with E-state index in [0.717, 1.165) is 12.8 Å². The molecule has 1 saturated carbocycles. The van der Waals surface area contributed by atoms with Crippen LogP contribution >= 0.6 is 0 Å². The second-order valence-corrected chi connectivity index (χ2v) is 13.9. The van der Waals surface area contributed by atoms with E-state index in [9.17, 15) is 4.79 Å². The zero-order valence-electron chi connectivity index (χ0n) is 17.9. The van der Waals surface area contributed by atoms with Gasteiger partial charge in [-0.25, -0.2) is 4.79 Å². The van der Waals surface area contributed by atoms with E-state index in [-0.39, 0.29) is 16.6 Å². The number of esters is 1. The molecule has 2 rings (SSSR count). The third kappa shape index (κ3) is 4.74. The molecule has 148 valence electrons. The molecule has 0 atom stereocenters. The highest BCUT2D eigenvalue weighted by atomic mass is 28.4. The largest absolute Gasteiger partial charge is 0.495 e. The van der Waals surface area contributed by atoms with Gasteiger partial charge in [0.25, 0.3) is 0 Å². The van der Waals surface area contributed by atoms with Gasteiger partial charge >= 0.3 is 5.97 Å². The number of rotatable bonds is 4. The first-order chi connectivity index (χ1) is 12.4. The smallest absolute Gasteiger partial charge is 0.341 e. The summed E-state index contributed by atoms with van der Waals surface area (Å²) in [5.74, 6) is 6.63. The van der Waals surface area contributed by atoms with Gasteiger partial charge in [0.05, 0.1) is 19.8 Å². The van der Waals surface area contributed by atoms with Gasteiger partial charge in [-0.2, -0.15) is 0 Å². The number of carbonyl (C=O) groups excluding carboxylic acids is 1. The Hall–Kier alpha value is -1.77. The van der Waals surface area contributed by atoms with Crippen LogP contribution < -0.4 is 4.74 Å². The van der Waals surface area contributed by atoms with Crippen LogP contribution in [-0.4, -0.2) is 34.6 Å². The van der Waals surface area contributed by atoms with Gasteiger partial charge in [-0.1, -0.05) is 38.7 Å². The average molecular weight is 389 g/mol. The minimum atomic E-state index is -1.75. The molecule has 0 amide bonds. The van der Waals surface area contributed by atoms with Gasteiger partial charge in [0.15, 0.2) is 8.32 Å². The van der Waals surface area contributed by atoms with Gasteiger partial charge in [0, 0.05) is 11.5 Å². The molecule has 1 aliphatic carbocycles. The van der Waals surface area contributed by atoms with E-state index in [0.29, 0.717) is 16.9 Å². The molecule has 4 nitrogen and oxygen atoms in total. The van der Waals surface area contributed by atoms with Crippen molar-refractivity contribution in [2.75, 3.05) is 14.2 Å². The Bertz CT molecular complexity index is 759. The Balaban J connectivity index is 2.13. The summed E-state index contributed by atoms with van der Waals surface area (Å²) in [5, 5.41) is 0.215. The lowest BCUT2D eigenvalue weighted by atomic mass is 9.69. The number of ether oxygens (including phenoxy) is 2. The summed E-state index contributed by atoms with van der Waals surface area (Å²) in [5.41, 5.74) is 1.03. The van der Waals surface area contributed by atoms with Crippen LogP contribution in [0.2, 0.25) is 18.1 Å². The lowest BCUT2D eigenvalue weighted by Gasteiger charge is -2.47. The van der Waals surface area contributed by atoms with Gasteiger partial charge in [0.2, 0.25) is 0 Å². The van der Waals surface area contributed by atoms with Crippen molar-refractivity contribution < 1.29 is 18.7 Å². The van der Waals surface area contributed by atoms with Crippen LogP contribution in [0.1, 0.15) is 56.5 Å². The normalized spacial score (nSPS) is 22.3. The van der Waals surface area contributed by atoms with E-state index in [1.165, 1.54) is 7.11 Å². The molecule has 0 aliphatic heterocycles. The molecule has 0 aromatic heterocycles. The van der Waals surface area contributed by atoms with Crippen LogP contribution in [0.15, 0.2) is 18.2 Å². The zero-order chi connectivity index (χ0) is 20.5. The van der Waals surface area contributed by atoms with Gasteiger partial charge in [-0.3, -0.25) is 0 Å². The molecule has 0 bridgehead atoms. The number of hydrogen-bond donors (Lipinski definition) is 0. The Morgan fingerprint density at radius 2 is 1.85 bits per heavy atom. The zero-order valence-corrected chi connectivity index (χ0v) is 18.9. The van der Waals surface area contributed by atoms with Crippen LogP contribution in [0.5, 0.6) is 5.75 Å². The van der Waals surface area contributed by atoms with Crippen molar-refractivity contribution in [1.82, 2.24) is 0 Å². The Labute approximate surface area is 164 Å². The summed E-state index contributed by atoms with van der Waals surface area (Å²) in [4.78, 5) is 11.9. The first kappa shape index (κ1) is 21.5. The Morgan fingerprint density at radius 1 is 1.22 bits per heavy atom. The second-order valence-electron chi connectivity index (χ2n) is 9.10. The molecule has 0 N–H and O–H groups in total. The summed E-state index contributed by atoms with van der Waals surface area (Å²) in [7, 11) is 1.16. The van der Waals surface area contributed by atoms with Crippen LogP contribution in [0.4, 0.5) is 0 Å². The van der Waals surface area contributed by atoms with Gasteiger partial charge in [0.1, 0.15) is 11.3 Å². The van der Waals surface area contributed by atoms with Crippen molar-refractivity contribution >= 4 is 14.3 Å². The van der Waals surface area contributed by atoms with Crippen molar-refractivity contribution in [2.45, 2.75) is 64.8 Å². The topological polar surface area (TPSA) is 44.8 Å². The van der Waals surface area contributed by atoms with Crippen molar-refractivity contribution in [2.24, 2.45) is 5.41 Å². The fraction of sp³-hybridized carbons (Fsp3) is 0.591. The van der Waals surface area contributed by atoms with Crippen LogP contribution in [0.25, 0.3) is 0 Å². The monoisotopic (exact) mass is 388 g/mol. The lowest BCUT2D eigenvalue weighted by molar-refractivity contribution is 0.0245. The first-order valence-electron chi connectivity index (χ1n) is 9.39. The third-order valence-corrected chi connectivity index (χ3v) is 10.3. The van der Waals surface area contributed by atoms with E-state index in [1.807, 2.05) is 6.07 Å². The van der Waals surface area contributed by atoms with E-state index in [1.54, 1.807) is 19.2 Å². The van der Waals surface area contributed by atoms with Crippen molar-refractivity contribution in [3.8, 4) is 17.6 Å². The first-order valence-corrected chi connectivity index (χ1v) is 12.3. The van der Waals surface area contributed by atoms with Crippen molar-refractivity contribution in [1.29, 1.82) is 0 Å². The number of carbonyl (C=O) groups is 1.